The predicted molar refractivity (Wildman–Crippen MR) is 109 cm³/mol. The van der Waals surface area contributed by atoms with Crippen molar-refractivity contribution in [3.63, 3.8) is 0 Å². The fourth-order valence-corrected chi connectivity index (χ4v) is 3.03. The number of ether oxygens (including phenoxy) is 2. The minimum atomic E-state index is -4.41. The van der Waals surface area contributed by atoms with Gasteiger partial charge in [0.15, 0.2) is 0 Å². The molecule has 1 fully saturated rings. The summed E-state index contributed by atoms with van der Waals surface area (Å²) < 4.78 is 71.1. The van der Waals surface area contributed by atoms with Crippen LogP contribution in [0, 0.1) is 11.8 Å². The number of carbonyl (C=O) groups excluding carboxylic acids is 2. The van der Waals surface area contributed by atoms with Gasteiger partial charge in [0.25, 0.3) is 0 Å². The number of carbonyl (C=O) groups is 2. The lowest BCUT2D eigenvalue weighted by atomic mass is 9.83. The second kappa shape index (κ2) is 11.6. The average molecular weight is 466 g/mol. The third-order valence-corrected chi connectivity index (χ3v) is 4.46. The maximum atomic E-state index is 12.5. The molecular weight excluding hydrogens is 435 g/mol. The Kier molecular flexibility index (Phi) is 10.1. The SMILES string of the molecule is CC(C)(C)OC(=O)CC(CCC(F)(F)F)C(=O)OCc1ccccc1.CC1CC(F)(F)C1. The molecule has 9 heteroatoms. The maximum Gasteiger partial charge on any atom is 0.389 e. The van der Waals surface area contributed by atoms with Gasteiger partial charge in [-0.3, -0.25) is 9.59 Å². The van der Waals surface area contributed by atoms with Crippen LogP contribution in [0.3, 0.4) is 0 Å². The number of esters is 2. The number of rotatable bonds is 7. The highest BCUT2D eigenvalue weighted by Crippen LogP contribution is 2.41. The minimum Gasteiger partial charge on any atom is -0.461 e. The summed E-state index contributed by atoms with van der Waals surface area (Å²) in [7, 11) is 0. The van der Waals surface area contributed by atoms with Crippen molar-refractivity contribution in [3.8, 4) is 0 Å². The van der Waals surface area contributed by atoms with Crippen LogP contribution in [0.2, 0.25) is 0 Å². The number of alkyl halides is 5. The van der Waals surface area contributed by atoms with Crippen LogP contribution in [0.5, 0.6) is 0 Å². The Balaban J connectivity index is 0.000000616. The van der Waals surface area contributed by atoms with Gasteiger partial charge in [-0.05, 0) is 38.7 Å². The van der Waals surface area contributed by atoms with Crippen LogP contribution in [0.25, 0.3) is 0 Å². The van der Waals surface area contributed by atoms with Gasteiger partial charge in [0.1, 0.15) is 12.2 Å². The molecule has 0 amide bonds. The quantitative estimate of drug-likeness (QED) is 0.341. The third-order valence-electron chi connectivity index (χ3n) is 4.46. The Morgan fingerprint density at radius 1 is 1.09 bits per heavy atom. The van der Waals surface area contributed by atoms with Gasteiger partial charge in [0, 0.05) is 19.3 Å². The van der Waals surface area contributed by atoms with Crippen molar-refractivity contribution >= 4 is 11.9 Å². The van der Waals surface area contributed by atoms with E-state index in [1.54, 1.807) is 51.1 Å². The number of hydrogen-bond donors (Lipinski definition) is 0. The maximum absolute atomic E-state index is 12.5. The van der Waals surface area contributed by atoms with E-state index >= 15 is 0 Å². The van der Waals surface area contributed by atoms with Gasteiger partial charge in [-0.2, -0.15) is 13.2 Å². The van der Waals surface area contributed by atoms with Crippen molar-refractivity contribution < 1.29 is 41.0 Å². The molecule has 0 spiro atoms. The summed E-state index contributed by atoms with van der Waals surface area (Å²) in [5.74, 6) is -4.80. The van der Waals surface area contributed by atoms with E-state index in [1.165, 1.54) is 0 Å². The molecule has 1 aromatic rings. The van der Waals surface area contributed by atoms with Crippen LogP contribution in [0.1, 0.15) is 65.4 Å². The van der Waals surface area contributed by atoms with Gasteiger partial charge < -0.3 is 9.47 Å². The number of benzene rings is 1. The molecule has 0 bridgehead atoms. The highest BCUT2D eigenvalue weighted by atomic mass is 19.4. The van der Waals surface area contributed by atoms with E-state index in [1.807, 2.05) is 6.92 Å². The lowest BCUT2D eigenvalue weighted by molar-refractivity contribution is -0.165. The smallest absolute Gasteiger partial charge is 0.389 e. The molecule has 0 N–H and O–H groups in total. The summed E-state index contributed by atoms with van der Waals surface area (Å²) in [5, 5.41) is 0. The van der Waals surface area contributed by atoms with Crippen LogP contribution in [0.4, 0.5) is 22.0 Å². The molecule has 0 saturated heterocycles. The summed E-state index contributed by atoms with van der Waals surface area (Å²) in [5.41, 5.74) is -0.0673. The van der Waals surface area contributed by atoms with Crippen molar-refractivity contribution in [2.75, 3.05) is 0 Å². The van der Waals surface area contributed by atoms with Gasteiger partial charge >= 0.3 is 18.1 Å². The van der Waals surface area contributed by atoms with E-state index < -0.39 is 54.8 Å². The van der Waals surface area contributed by atoms with Crippen molar-refractivity contribution in [1.82, 2.24) is 0 Å². The molecule has 4 nitrogen and oxygen atoms in total. The normalized spacial score (nSPS) is 16.8. The van der Waals surface area contributed by atoms with Crippen LogP contribution in [0.15, 0.2) is 30.3 Å². The van der Waals surface area contributed by atoms with Crippen LogP contribution >= 0.6 is 0 Å². The van der Waals surface area contributed by atoms with E-state index in [9.17, 15) is 31.5 Å². The Morgan fingerprint density at radius 2 is 1.66 bits per heavy atom. The van der Waals surface area contributed by atoms with Crippen molar-refractivity contribution in [2.24, 2.45) is 11.8 Å². The fourth-order valence-electron chi connectivity index (χ4n) is 3.03. The zero-order valence-electron chi connectivity index (χ0n) is 18.8. The highest BCUT2D eigenvalue weighted by molar-refractivity contribution is 5.80. The molecule has 1 aromatic carbocycles. The third kappa shape index (κ3) is 12.6. The first kappa shape index (κ1) is 27.8. The first-order chi connectivity index (χ1) is 14.6. The molecule has 1 atom stereocenters. The Bertz CT molecular complexity index is 718. The van der Waals surface area contributed by atoms with Crippen molar-refractivity contribution in [2.45, 2.75) is 84.1 Å². The van der Waals surface area contributed by atoms with Crippen molar-refractivity contribution in [1.29, 1.82) is 0 Å². The zero-order chi connectivity index (χ0) is 24.6. The van der Waals surface area contributed by atoms with E-state index in [-0.39, 0.29) is 25.4 Å². The molecule has 1 aliphatic rings. The average Bonchev–Trinajstić information content (AvgIpc) is 2.61. The summed E-state index contributed by atoms with van der Waals surface area (Å²) in [4.78, 5) is 24.0. The topological polar surface area (TPSA) is 52.6 Å². The molecule has 1 unspecified atom stereocenters. The molecule has 1 saturated carbocycles. The summed E-state index contributed by atoms with van der Waals surface area (Å²) in [6, 6.07) is 8.76. The molecule has 182 valence electrons. The van der Waals surface area contributed by atoms with E-state index in [4.69, 9.17) is 9.47 Å². The lowest BCUT2D eigenvalue weighted by Gasteiger charge is -2.31. The summed E-state index contributed by atoms with van der Waals surface area (Å²) >= 11 is 0. The van der Waals surface area contributed by atoms with Crippen LogP contribution in [-0.2, 0) is 25.7 Å². The second-order valence-corrected chi connectivity index (χ2v) is 9.10. The first-order valence-corrected chi connectivity index (χ1v) is 10.4. The monoisotopic (exact) mass is 466 g/mol. The lowest BCUT2D eigenvalue weighted by Crippen LogP contribution is -2.33. The van der Waals surface area contributed by atoms with E-state index in [0.29, 0.717) is 5.56 Å². The fraction of sp³-hybridized carbons (Fsp3) is 0.652. The molecule has 1 aliphatic carbocycles. The second-order valence-electron chi connectivity index (χ2n) is 9.10. The predicted octanol–water partition coefficient (Wildman–Crippen LogP) is 6.47. The largest absolute Gasteiger partial charge is 0.461 e. The highest BCUT2D eigenvalue weighted by Gasteiger charge is 2.42. The summed E-state index contributed by atoms with van der Waals surface area (Å²) in [6.07, 6.45) is -6.33. The Morgan fingerprint density at radius 3 is 2.06 bits per heavy atom. The molecule has 0 aromatic heterocycles. The van der Waals surface area contributed by atoms with Gasteiger partial charge in [0.05, 0.1) is 12.3 Å². The van der Waals surface area contributed by atoms with Gasteiger partial charge in [-0.1, -0.05) is 37.3 Å². The molecule has 0 heterocycles. The van der Waals surface area contributed by atoms with Crippen molar-refractivity contribution in [3.05, 3.63) is 35.9 Å². The Labute approximate surface area is 185 Å². The minimum absolute atomic E-state index is 0.0590. The van der Waals surface area contributed by atoms with Crippen LogP contribution < -0.4 is 0 Å². The number of hydrogen-bond acceptors (Lipinski definition) is 4. The standard InChI is InChI=1S/C18H23F3O4.C5H8F2/c1-17(2,3)25-15(22)11-14(9-10-18(19,20)21)16(23)24-12-13-7-5-4-6-8-13;1-4-2-5(6,7)3-4/h4-8,14H,9-12H2,1-3H3;4H,2-3H2,1H3. The Hall–Kier alpha value is -2.19. The number of halogens is 5. The van der Waals surface area contributed by atoms with Crippen LogP contribution in [-0.4, -0.2) is 29.6 Å². The molecular formula is C23H31F5O4. The van der Waals surface area contributed by atoms with Gasteiger partial charge in [0.2, 0.25) is 5.92 Å². The van der Waals surface area contributed by atoms with E-state index in [2.05, 4.69) is 0 Å². The molecule has 0 radical (unpaired) electrons. The molecule has 0 aliphatic heterocycles. The van der Waals surface area contributed by atoms with Gasteiger partial charge in [-0.15, -0.1) is 0 Å². The van der Waals surface area contributed by atoms with E-state index in [0.717, 1.165) is 0 Å². The molecule has 32 heavy (non-hydrogen) atoms. The first-order valence-electron chi connectivity index (χ1n) is 10.4. The molecule has 2 rings (SSSR count). The van der Waals surface area contributed by atoms with Gasteiger partial charge in [-0.25, -0.2) is 8.78 Å². The zero-order valence-corrected chi connectivity index (χ0v) is 18.8. The summed E-state index contributed by atoms with van der Waals surface area (Å²) in [6.45, 7) is 6.71.